The van der Waals surface area contributed by atoms with Crippen molar-refractivity contribution in [1.29, 1.82) is 0 Å². The van der Waals surface area contributed by atoms with Gasteiger partial charge in [-0.25, -0.2) is 5.84 Å². The van der Waals surface area contributed by atoms with Gasteiger partial charge < -0.3 is 17.0 Å². The van der Waals surface area contributed by atoms with Crippen molar-refractivity contribution in [3.05, 3.63) is 0 Å². The zero-order valence-electron chi connectivity index (χ0n) is 6.52. The molecule has 0 bridgehead atoms. The third-order valence-corrected chi connectivity index (χ3v) is 2.01. The molecule has 0 heterocycles. The number of nitrogens with one attached hydrogen (secondary N) is 1. The van der Waals surface area contributed by atoms with Gasteiger partial charge in [-0.15, -0.1) is 0 Å². The van der Waals surface area contributed by atoms with Crippen molar-refractivity contribution in [2.24, 2.45) is 5.84 Å². The van der Waals surface area contributed by atoms with Crippen LogP contribution in [0.25, 0.3) is 0 Å². The fraction of sp³-hybridized carbons (Fsp3) is 0.800. The fourth-order valence-corrected chi connectivity index (χ4v) is 1.43. The minimum absolute atomic E-state index is 0. The summed E-state index contributed by atoms with van der Waals surface area (Å²) < 4.78 is 0. The van der Waals surface area contributed by atoms with Crippen LogP contribution in [0.4, 0.5) is 0 Å². The number of halogens is 1. The number of carbonyl (C=O) groups excluding carboxylic acids is 1. The third-order valence-electron chi connectivity index (χ3n) is 0.779. The summed E-state index contributed by atoms with van der Waals surface area (Å²) in [4.78, 5) is 10.6. The lowest BCUT2D eigenvalue weighted by Crippen LogP contribution is -3.00. The maximum absolute atomic E-state index is 10.6. The van der Waals surface area contributed by atoms with E-state index in [4.69, 9.17) is 5.84 Å². The van der Waals surface area contributed by atoms with Gasteiger partial charge in [-0.2, -0.15) is 0 Å². The van der Waals surface area contributed by atoms with Gasteiger partial charge in [0, 0.05) is 27.3 Å². The highest BCUT2D eigenvalue weighted by atomic mass is 79.9. The molecule has 0 fully saturated rings. The van der Waals surface area contributed by atoms with Crippen LogP contribution in [0.2, 0.25) is 0 Å². The van der Waals surface area contributed by atoms with Crippen molar-refractivity contribution in [2.75, 3.05) is 26.2 Å². The Kier molecular flexibility index (Phi) is 6.55. The van der Waals surface area contributed by atoms with Crippen molar-refractivity contribution in [1.82, 2.24) is 5.43 Å². The molecule has 0 radical (unpaired) electrons. The Morgan fingerprint density at radius 1 is 1.50 bits per heavy atom. The van der Waals surface area contributed by atoms with Crippen molar-refractivity contribution in [2.45, 2.75) is 0 Å². The van der Waals surface area contributed by atoms with E-state index in [-0.39, 0.29) is 22.9 Å². The number of hydrogen-bond donors (Lipinski definition) is 2. The molecule has 0 spiro atoms. The summed E-state index contributed by atoms with van der Waals surface area (Å²) in [6, 6.07) is 0. The average molecular weight is 229 g/mol. The first-order valence-electron chi connectivity index (χ1n) is 2.75. The summed E-state index contributed by atoms with van der Waals surface area (Å²) in [7, 11) is -0.980. The standard InChI is InChI=1S/C5H13N2OP.BrH/c1-9(2,3)4-5(8)7-6;/h4,6H2,1-3H3;1H. The van der Waals surface area contributed by atoms with E-state index in [1.807, 2.05) is 0 Å². The molecule has 0 aliphatic rings. The lowest BCUT2D eigenvalue weighted by Gasteiger charge is -2.08. The molecule has 3 N–H and O–H groups in total. The van der Waals surface area contributed by atoms with E-state index in [1.165, 1.54) is 0 Å². The van der Waals surface area contributed by atoms with Gasteiger partial charge >= 0.3 is 0 Å². The fourth-order valence-electron chi connectivity index (χ4n) is 0.476. The minimum atomic E-state index is -0.980. The van der Waals surface area contributed by atoms with Gasteiger partial charge in [0.05, 0.1) is 0 Å². The molecule has 0 saturated heterocycles. The summed E-state index contributed by atoms with van der Waals surface area (Å²) >= 11 is 0. The molecule has 1 amide bonds. The second-order valence-electron chi connectivity index (χ2n) is 3.02. The Morgan fingerprint density at radius 2 is 1.90 bits per heavy atom. The van der Waals surface area contributed by atoms with Gasteiger partial charge in [0.2, 0.25) is 0 Å². The molecule has 0 aromatic rings. The van der Waals surface area contributed by atoms with E-state index >= 15 is 0 Å². The van der Waals surface area contributed by atoms with Crippen LogP contribution in [0.5, 0.6) is 0 Å². The van der Waals surface area contributed by atoms with Gasteiger partial charge in [-0.3, -0.25) is 10.2 Å². The molecule has 0 aliphatic heterocycles. The van der Waals surface area contributed by atoms with Crippen LogP contribution < -0.4 is 28.2 Å². The van der Waals surface area contributed by atoms with Crippen molar-refractivity contribution < 1.29 is 21.8 Å². The second-order valence-corrected chi connectivity index (χ2v) is 7.91. The van der Waals surface area contributed by atoms with Crippen LogP contribution in [0.15, 0.2) is 0 Å². The number of carbonyl (C=O) groups is 1. The number of nitrogens with two attached hydrogens (primary N) is 1. The Balaban J connectivity index is 0. The predicted molar refractivity (Wildman–Crippen MR) is 41.9 cm³/mol. The van der Waals surface area contributed by atoms with Crippen LogP contribution in [0.1, 0.15) is 0 Å². The lowest BCUT2D eigenvalue weighted by atomic mass is 10.7. The molecule has 0 aromatic carbocycles. The molecule has 0 rings (SSSR count). The monoisotopic (exact) mass is 228 g/mol. The number of amides is 1. The largest absolute Gasteiger partial charge is 1.00 e. The lowest BCUT2D eigenvalue weighted by molar-refractivity contribution is -0.118. The quantitative estimate of drug-likeness (QED) is 0.228. The predicted octanol–water partition coefficient (Wildman–Crippen LogP) is -3.11. The van der Waals surface area contributed by atoms with Gasteiger partial charge in [0.25, 0.3) is 5.91 Å². The number of hydrogen-bond acceptors (Lipinski definition) is 2. The van der Waals surface area contributed by atoms with E-state index in [1.54, 1.807) is 0 Å². The summed E-state index contributed by atoms with van der Waals surface area (Å²) in [5, 5.41) is 0. The van der Waals surface area contributed by atoms with Crippen molar-refractivity contribution >= 4 is 13.2 Å². The van der Waals surface area contributed by atoms with E-state index in [2.05, 4.69) is 25.4 Å². The van der Waals surface area contributed by atoms with E-state index in [9.17, 15) is 4.79 Å². The molecule has 10 heavy (non-hydrogen) atoms. The topological polar surface area (TPSA) is 55.1 Å². The minimum Gasteiger partial charge on any atom is -1.00 e. The van der Waals surface area contributed by atoms with Crippen molar-refractivity contribution in [3.8, 4) is 0 Å². The molecule has 0 aliphatic carbocycles. The number of rotatable bonds is 2. The smallest absolute Gasteiger partial charge is 0.271 e. The Hall–Kier alpha value is 0.340. The third kappa shape index (κ3) is 8.34. The van der Waals surface area contributed by atoms with E-state index < -0.39 is 7.26 Å². The normalized spacial score (nSPS) is 10.0. The molecule has 62 valence electrons. The highest BCUT2D eigenvalue weighted by molar-refractivity contribution is 7.74. The Bertz CT molecular complexity index is 113. The van der Waals surface area contributed by atoms with Gasteiger partial charge in [0.15, 0.2) is 0 Å². The van der Waals surface area contributed by atoms with Crippen LogP contribution in [-0.4, -0.2) is 32.1 Å². The second kappa shape index (κ2) is 5.05. The number of hydrazine groups is 1. The van der Waals surface area contributed by atoms with E-state index in [0.29, 0.717) is 6.16 Å². The molecular formula is C5H14BrN2OP. The van der Waals surface area contributed by atoms with Crippen LogP contribution in [-0.2, 0) is 4.79 Å². The summed E-state index contributed by atoms with van der Waals surface area (Å²) in [5.41, 5.74) is 2.11. The zero-order chi connectivity index (χ0) is 7.49. The SMILES string of the molecule is C[P+](C)(C)CC(=O)NN.[Br-]. The molecule has 0 aromatic heterocycles. The molecule has 3 nitrogen and oxygen atoms in total. The van der Waals surface area contributed by atoms with E-state index in [0.717, 1.165) is 0 Å². The first kappa shape index (κ1) is 13.0. The zero-order valence-corrected chi connectivity index (χ0v) is 9.00. The molecule has 0 unspecified atom stereocenters. The first-order valence-corrected chi connectivity index (χ1v) is 6.07. The first-order chi connectivity index (χ1) is 3.95. The summed E-state index contributed by atoms with van der Waals surface area (Å²) in [6.07, 6.45) is 0.587. The molecular weight excluding hydrogens is 215 g/mol. The maximum Gasteiger partial charge on any atom is 0.271 e. The average Bonchev–Trinajstić information content (AvgIpc) is 1.62. The summed E-state index contributed by atoms with van der Waals surface area (Å²) in [6.45, 7) is 6.30. The molecule has 0 saturated carbocycles. The van der Waals surface area contributed by atoms with Crippen LogP contribution in [0, 0.1) is 0 Å². The van der Waals surface area contributed by atoms with Gasteiger partial charge in [0.1, 0.15) is 6.16 Å². The van der Waals surface area contributed by atoms with Gasteiger partial charge in [-0.05, 0) is 0 Å². The summed E-state index contributed by atoms with van der Waals surface area (Å²) in [5.74, 6) is 4.84. The highest BCUT2D eigenvalue weighted by Gasteiger charge is 2.20. The molecule has 5 heteroatoms. The molecule has 0 atom stereocenters. The maximum atomic E-state index is 10.6. The highest BCUT2D eigenvalue weighted by Crippen LogP contribution is 2.45. The Morgan fingerprint density at radius 3 is 2.00 bits per heavy atom. The Labute approximate surface area is 72.8 Å². The van der Waals surface area contributed by atoms with Gasteiger partial charge in [-0.1, -0.05) is 0 Å². The van der Waals surface area contributed by atoms with Crippen LogP contribution in [0.3, 0.4) is 0 Å². The van der Waals surface area contributed by atoms with Crippen molar-refractivity contribution in [3.63, 3.8) is 0 Å². The van der Waals surface area contributed by atoms with Crippen LogP contribution >= 0.6 is 7.26 Å².